The number of nitrogens with zero attached hydrogens (tertiary/aromatic N) is 1. The zero-order valence-corrected chi connectivity index (χ0v) is 54.5. The number of carbonyl (C=O) groups is 3. The molecule has 4 N–H and O–H groups in total. The Labute approximate surface area is 497 Å². The lowest BCUT2D eigenvalue weighted by Crippen LogP contribution is -2.34. The Hall–Kier alpha value is -0.550. The van der Waals surface area contributed by atoms with Crippen LogP contribution in [0.5, 0.6) is 0 Å². The van der Waals surface area contributed by atoms with Crippen molar-refractivity contribution in [3.8, 4) is 0 Å². The summed E-state index contributed by atoms with van der Waals surface area (Å²) >= 11 is 0. The fourth-order valence-corrected chi connectivity index (χ4v) is 16.6. The van der Waals surface area contributed by atoms with Gasteiger partial charge in [-0.15, -0.1) is 0 Å². The fourth-order valence-electron chi connectivity index (χ4n) is 9.93. The highest BCUT2D eigenvalue weighted by atomic mass is 33.1. The number of aliphatic carboxylic acids is 2. The minimum Gasteiger partial charge on any atom is -0.481 e. The van der Waals surface area contributed by atoms with Crippen molar-refractivity contribution in [2.24, 2.45) is 5.41 Å². The molecule has 15 heteroatoms. The molecule has 0 bridgehead atoms. The molecule has 0 aromatic heterocycles. The van der Waals surface area contributed by atoms with E-state index in [2.05, 4.69) is 49.4 Å². The molecule has 0 saturated carbocycles. The second kappa shape index (κ2) is 56.0. The summed E-state index contributed by atoms with van der Waals surface area (Å²) in [4.78, 5) is 40.0. The number of carboxylic acid groups (broad SMARTS) is 2. The van der Waals surface area contributed by atoms with Gasteiger partial charge in [0.15, 0.2) is 0 Å². The highest BCUT2D eigenvalue weighted by Gasteiger charge is 2.40. The molecule has 450 valence electrons. The van der Waals surface area contributed by atoms with Crippen molar-refractivity contribution in [3.05, 3.63) is 35.2 Å². The molecule has 1 aliphatic rings. The lowest BCUT2D eigenvalue weighted by molar-refractivity contribution is -0.143. The van der Waals surface area contributed by atoms with Crippen LogP contribution in [0.4, 0.5) is 0 Å². The maximum Gasteiger partial charge on any atom is 0.307 e. The van der Waals surface area contributed by atoms with Crippen LogP contribution >= 0.6 is 64.8 Å². The molecule has 0 aromatic carbocycles. The molecule has 1 aliphatic heterocycles. The first-order valence-corrected chi connectivity index (χ1v) is 38.7. The van der Waals surface area contributed by atoms with Crippen molar-refractivity contribution in [1.82, 2.24) is 15.5 Å². The summed E-state index contributed by atoms with van der Waals surface area (Å²) in [5.41, 5.74) is 2.29. The zero-order chi connectivity index (χ0) is 56.0. The topological polar surface area (TPSA) is 128 Å². The van der Waals surface area contributed by atoms with E-state index in [-0.39, 0.29) is 18.8 Å². The van der Waals surface area contributed by atoms with Gasteiger partial charge in [0.25, 0.3) is 0 Å². The number of nitrogens with one attached hydrogen (secondary N) is 2. The second-order valence-electron chi connectivity index (χ2n) is 21.5. The molecule has 0 spiro atoms. The number of rotatable bonds is 60. The van der Waals surface area contributed by atoms with Crippen molar-refractivity contribution in [1.29, 1.82) is 0 Å². The summed E-state index contributed by atoms with van der Waals surface area (Å²) in [5, 5.41) is 27.6. The van der Waals surface area contributed by atoms with Gasteiger partial charge in [0.2, 0.25) is 0 Å². The van der Waals surface area contributed by atoms with Gasteiger partial charge in [-0.1, -0.05) is 265 Å². The van der Waals surface area contributed by atoms with Crippen LogP contribution in [0.15, 0.2) is 35.2 Å². The van der Waals surface area contributed by atoms with Crippen molar-refractivity contribution in [3.63, 3.8) is 0 Å². The maximum absolute atomic E-state index is 13.1. The Bertz CT molecular complexity index is 1470. The Morgan fingerprint density at radius 1 is 0.532 bits per heavy atom. The van der Waals surface area contributed by atoms with E-state index < -0.39 is 17.4 Å². The van der Waals surface area contributed by atoms with E-state index in [9.17, 15) is 24.6 Å². The van der Waals surface area contributed by atoms with E-state index in [1.54, 1.807) is 10.8 Å². The number of carbonyl (C=O) groups excluding carboxylic acids is 1. The van der Waals surface area contributed by atoms with Gasteiger partial charge >= 0.3 is 17.9 Å². The summed E-state index contributed by atoms with van der Waals surface area (Å²) in [6.45, 7) is 10.1. The number of hydrogen-bond donors (Lipinski definition) is 4. The zero-order valence-electron chi connectivity index (χ0n) is 49.6. The lowest BCUT2D eigenvalue weighted by Gasteiger charge is -2.38. The van der Waals surface area contributed by atoms with E-state index in [1.807, 2.05) is 66.2 Å². The molecule has 0 saturated heterocycles. The van der Waals surface area contributed by atoms with E-state index in [4.69, 9.17) is 4.74 Å². The summed E-state index contributed by atoms with van der Waals surface area (Å²) < 4.78 is 5.52. The van der Waals surface area contributed by atoms with Gasteiger partial charge in [-0.05, 0) is 69.2 Å². The Balaban J connectivity index is 2.84. The largest absolute Gasteiger partial charge is 0.481 e. The Morgan fingerprint density at radius 2 is 0.961 bits per heavy atom. The number of hydrogen-bond acceptors (Lipinski definition) is 13. The normalized spacial score (nSPS) is 12.9. The summed E-state index contributed by atoms with van der Waals surface area (Å²) in [6, 6.07) is 0. The molecule has 77 heavy (non-hydrogen) atoms. The molecule has 0 atom stereocenters. The third kappa shape index (κ3) is 45.6. The van der Waals surface area contributed by atoms with Crippen LogP contribution in [-0.2, 0) is 19.1 Å². The second-order valence-corrected chi connectivity index (χ2v) is 29.7. The van der Waals surface area contributed by atoms with E-state index in [0.29, 0.717) is 45.3 Å². The van der Waals surface area contributed by atoms with Crippen LogP contribution in [0.25, 0.3) is 0 Å². The third-order valence-corrected chi connectivity index (χ3v) is 22.0. The molecule has 1 heterocycles. The third-order valence-electron chi connectivity index (χ3n) is 14.6. The van der Waals surface area contributed by atoms with Gasteiger partial charge in [0.1, 0.15) is 6.61 Å². The average Bonchev–Trinajstić information content (AvgIpc) is 3.63. The quantitative estimate of drug-likeness (QED) is 0.0262. The first kappa shape index (κ1) is 74.5. The number of likely N-dealkylation sites (N-methyl/N-ethyl adjacent to an activating group) is 1. The lowest BCUT2D eigenvalue weighted by atomic mass is 9.68. The minimum absolute atomic E-state index is 0.00466. The number of esters is 1. The van der Waals surface area contributed by atoms with Crippen LogP contribution in [0.3, 0.4) is 0 Å². The average molecular weight is 1190 g/mol. The smallest absolute Gasteiger partial charge is 0.307 e. The molecule has 0 fully saturated rings. The molecule has 9 nitrogen and oxygen atoms in total. The Kier molecular flexibility index (Phi) is 54.1. The molecule has 0 aromatic rings. The summed E-state index contributed by atoms with van der Waals surface area (Å²) in [7, 11) is 13.4. The number of ether oxygens (including phenoxy) is 1. The first-order chi connectivity index (χ1) is 37.7. The van der Waals surface area contributed by atoms with E-state index >= 15 is 0 Å². The highest BCUT2D eigenvalue weighted by molar-refractivity contribution is 8.77. The molecule has 0 aliphatic carbocycles. The Morgan fingerprint density at radius 3 is 1.40 bits per heavy atom. The van der Waals surface area contributed by atoms with Crippen LogP contribution in [-0.4, -0.2) is 107 Å². The van der Waals surface area contributed by atoms with Crippen LogP contribution in [0.2, 0.25) is 0 Å². The van der Waals surface area contributed by atoms with Gasteiger partial charge in [-0.3, -0.25) is 14.4 Å². The van der Waals surface area contributed by atoms with E-state index in [1.165, 1.54) is 193 Å². The predicted octanol–water partition coefficient (Wildman–Crippen LogP) is 19.1. The number of allylic oxidation sites excluding steroid dienone is 4. The predicted molar refractivity (Wildman–Crippen MR) is 349 cm³/mol. The molecule has 0 amide bonds. The van der Waals surface area contributed by atoms with Crippen molar-refractivity contribution in [2.75, 3.05) is 74.4 Å². The van der Waals surface area contributed by atoms with E-state index in [0.717, 1.165) is 71.0 Å². The van der Waals surface area contributed by atoms with Gasteiger partial charge in [0, 0.05) is 78.0 Å². The first-order valence-electron chi connectivity index (χ1n) is 31.3. The molecule has 0 unspecified atom stereocenters. The maximum atomic E-state index is 13.1. The molecular formula is C62H115N3O6S6. The molecule has 0 radical (unpaired) electrons. The van der Waals surface area contributed by atoms with Crippen LogP contribution in [0.1, 0.15) is 258 Å². The molecular weight excluding hydrogens is 1080 g/mol. The standard InChI is InChI=1S/C62H115N3O6S6/c1-5-8-11-14-17-20-23-26-29-32-49-72-75-52-41-62(55-59(68)69,42-53-76-73-50-33-30-27-24-21-18-15-12-9-6-2)61-56(36-35-43-64-57(61)37-38-58(66)67)40-46-65(4)47-45-63-44-39-60(70)71-48-54-77-74-51-34-31-28-25-22-19-16-13-10-7-3/h35-36,43,63-64H,5-34,37-42,44-55H2,1-4H3,(H,66,67)(H,68,69). The number of carboxylic acids is 2. The highest BCUT2D eigenvalue weighted by Crippen LogP contribution is 2.49. The van der Waals surface area contributed by atoms with Crippen LogP contribution in [0, 0.1) is 5.41 Å². The minimum atomic E-state index is -0.859. The molecule has 1 rings (SSSR count). The van der Waals surface area contributed by atoms with Gasteiger partial charge in [-0.2, -0.15) is 0 Å². The van der Waals surface area contributed by atoms with Gasteiger partial charge < -0.3 is 30.5 Å². The summed E-state index contributed by atoms with van der Waals surface area (Å²) in [6.07, 6.45) is 48.8. The van der Waals surface area contributed by atoms with Crippen LogP contribution < -0.4 is 10.6 Å². The van der Waals surface area contributed by atoms with Gasteiger partial charge in [-0.25, -0.2) is 0 Å². The van der Waals surface area contributed by atoms with Gasteiger partial charge in [0.05, 0.1) is 19.3 Å². The fraction of sp³-hybridized carbons (Fsp3) is 0.855. The van der Waals surface area contributed by atoms with Crippen molar-refractivity contribution >= 4 is 82.7 Å². The summed E-state index contributed by atoms with van der Waals surface area (Å²) in [5.74, 6) is 4.02. The number of unbranched alkanes of at least 4 members (excludes halogenated alkanes) is 27. The van der Waals surface area contributed by atoms with Crippen molar-refractivity contribution < 1.29 is 29.3 Å². The monoisotopic (exact) mass is 1190 g/mol. The SMILES string of the molecule is CCCCCCCCCCCCSSCCOC(=O)CCNCCN(C)CCC1=CC=CNC(CCC(=O)O)=C1C(CCSSCCCCCCCCCCCC)(CCSSCCCCCCCCCCCC)CC(=O)O. The van der Waals surface area contributed by atoms with Crippen molar-refractivity contribution in [2.45, 2.75) is 258 Å².